The van der Waals surface area contributed by atoms with Crippen molar-refractivity contribution in [1.29, 1.82) is 0 Å². The molecule has 0 heterocycles. The van der Waals surface area contributed by atoms with E-state index >= 15 is 0 Å². The summed E-state index contributed by atoms with van der Waals surface area (Å²) < 4.78 is 0. The minimum atomic E-state index is -0.797. The summed E-state index contributed by atoms with van der Waals surface area (Å²) in [6.45, 7) is 5.03. The van der Waals surface area contributed by atoms with Gasteiger partial charge in [0.25, 0.3) is 0 Å². The Bertz CT molecular complexity index is 126. The van der Waals surface area contributed by atoms with Gasteiger partial charge in [0, 0.05) is 5.92 Å². The van der Waals surface area contributed by atoms with E-state index in [4.69, 9.17) is 5.73 Å². The summed E-state index contributed by atoms with van der Waals surface area (Å²) in [6, 6.07) is 0. The molecule has 0 bridgehead atoms. The van der Waals surface area contributed by atoms with Crippen LogP contribution in [-0.2, 0) is 4.79 Å². The van der Waals surface area contributed by atoms with Crippen LogP contribution in [0.15, 0.2) is 0 Å². The second kappa shape index (κ2) is 3.01. The highest BCUT2D eigenvalue weighted by molar-refractivity contribution is 5.76. The molecule has 1 atom stereocenters. The third kappa shape index (κ3) is 4.32. The van der Waals surface area contributed by atoms with Gasteiger partial charge in [-0.15, -0.1) is 0 Å². The van der Waals surface area contributed by atoms with Crippen LogP contribution < -0.4 is 5.73 Å². The Morgan fingerprint density at radius 3 is 2.20 bits per heavy atom. The molecule has 3 N–H and O–H groups in total. The summed E-state index contributed by atoms with van der Waals surface area (Å²) in [5.74, 6) is -0.609. The highest BCUT2D eigenvalue weighted by Gasteiger charge is 2.20. The Balaban J connectivity index is 3.80. The number of nitrogens with two attached hydrogens (primary N) is 1. The quantitative estimate of drug-likeness (QED) is 0.598. The molecule has 0 aromatic heterocycles. The molecule has 1 unspecified atom stereocenters. The van der Waals surface area contributed by atoms with Gasteiger partial charge in [-0.25, -0.2) is 0 Å². The summed E-state index contributed by atoms with van der Waals surface area (Å²) in [5.41, 5.74) is 4.20. The first-order chi connectivity index (χ1) is 4.33. The SMILES string of the molecule is CC(CC(C)(C)O)C(N)=O. The zero-order valence-corrected chi connectivity index (χ0v) is 6.72. The summed E-state index contributed by atoms with van der Waals surface area (Å²) in [6.07, 6.45) is 0.419. The van der Waals surface area contributed by atoms with E-state index in [0.29, 0.717) is 6.42 Å². The van der Waals surface area contributed by atoms with Crippen molar-refractivity contribution in [2.45, 2.75) is 32.8 Å². The monoisotopic (exact) mass is 145 g/mol. The van der Waals surface area contributed by atoms with Crippen LogP contribution >= 0.6 is 0 Å². The van der Waals surface area contributed by atoms with Gasteiger partial charge in [-0.3, -0.25) is 4.79 Å². The van der Waals surface area contributed by atoms with Crippen molar-refractivity contribution in [3.63, 3.8) is 0 Å². The van der Waals surface area contributed by atoms with Crippen molar-refractivity contribution in [1.82, 2.24) is 0 Å². The number of carbonyl (C=O) groups is 1. The molecule has 60 valence electrons. The van der Waals surface area contributed by atoms with Crippen LogP contribution in [0.25, 0.3) is 0 Å². The lowest BCUT2D eigenvalue weighted by Crippen LogP contribution is -2.29. The van der Waals surface area contributed by atoms with E-state index in [9.17, 15) is 9.90 Å². The molecule has 0 aliphatic rings. The van der Waals surface area contributed by atoms with E-state index in [1.807, 2.05) is 0 Å². The van der Waals surface area contributed by atoms with Crippen LogP contribution in [0, 0.1) is 5.92 Å². The second-order valence-corrected chi connectivity index (χ2v) is 3.32. The number of carbonyl (C=O) groups excluding carboxylic acids is 1. The molecule has 0 aromatic rings. The molecule has 0 aliphatic carbocycles. The lowest BCUT2D eigenvalue weighted by molar-refractivity contribution is -0.123. The molecule has 0 rings (SSSR count). The predicted octanol–water partition coefficient (Wildman–Crippen LogP) is 0.269. The molecule has 0 saturated heterocycles. The first-order valence-corrected chi connectivity index (χ1v) is 3.34. The average Bonchev–Trinajstić information content (AvgIpc) is 1.60. The topological polar surface area (TPSA) is 63.3 Å². The molecular weight excluding hydrogens is 130 g/mol. The zero-order chi connectivity index (χ0) is 8.36. The van der Waals surface area contributed by atoms with E-state index in [1.165, 1.54) is 0 Å². The van der Waals surface area contributed by atoms with Gasteiger partial charge in [-0.2, -0.15) is 0 Å². The Morgan fingerprint density at radius 2 is 2.10 bits per heavy atom. The number of amides is 1. The Morgan fingerprint density at radius 1 is 1.70 bits per heavy atom. The van der Waals surface area contributed by atoms with Gasteiger partial charge in [-0.1, -0.05) is 6.92 Å². The molecule has 0 aromatic carbocycles. The number of rotatable bonds is 3. The number of hydrogen-bond acceptors (Lipinski definition) is 2. The molecule has 0 fully saturated rings. The van der Waals surface area contributed by atoms with Gasteiger partial charge < -0.3 is 10.8 Å². The lowest BCUT2D eigenvalue weighted by Gasteiger charge is -2.19. The van der Waals surface area contributed by atoms with Gasteiger partial charge in [0.1, 0.15) is 0 Å². The van der Waals surface area contributed by atoms with Crippen molar-refractivity contribution in [3.05, 3.63) is 0 Å². The van der Waals surface area contributed by atoms with Crippen molar-refractivity contribution >= 4 is 5.91 Å². The van der Waals surface area contributed by atoms with E-state index in [0.717, 1.165) is 0 Å². The van der Waals surface area contributed by atoms with Gasteiger partial charge >= 0.3 is 0 Å². The normalized spacial score (nSPS) is 14.8. The summed E-state index contributed by atoms with van der Waals surface area (Å²) in [5, 5.41) is 9.23. The largest absolute Gasteiger partial charge is 0.390 e. The van der Waals surface area contributed by atoms with E-state index in [1.54, 1.807) is 20.8 Å². The summed E-state index contributed by atoms with van der Waals surface area (Å²) in [7, 11) is 0. The third-order valence-corrected chi connectivity index (χ3v) is 1.29. The minimum Gasteiger partial charge on any atom is -0.390 e. The van der Waals surface area contributed by atoms with Crippen LogP contribution in [0.2, 0.25) is 0 Å². The smallest absolute Gasteiger partial charge is 0.220 e. The van der Waals surface area contributed by atoms with Gasteiger partial charge in [-0.05, 0) is 20.3 Å². The van der Waals surface area contributed by atoms with Crippen LogP contribution in [0.1, 0.15) is 27.2 Å². The van der Waals surface area contributed by atoms with E-state index in [2.05, 4.69) is 0 Å². The highest BCUT2D eigenvalue weighted by atomic mass is 16.3. The third-order valence-electron chi connectivity index (χ3n) is 1.29. The molecule has 0 radical (unpaired) electrons. The molecule has 0 spiro atoms. The Hall–Kier alpha value is -0.570. The molecule has 3 heteroatoms. The Labute approximate surface area is 61.2 Å². The second-order valence-electron chi connectivity index (χ2n) is 3.32. The fraction of sp³-hybridized carbons (Fsp3) is 0.857. The van der Waals surface area contributed by atoms with Gasteiger partial charge in [0.2, 0.25) is 5.91 Å². The number of primary amides is 1. The first-order valence-electron chi connectivity index (χ1n) is 3.34. The summed E-state index contributed by atoms with van der Waals surface area (Å²) in [4.78, 5) is 10.5. The minimum absolute atomic E-state index is 0.250. The maximum Gasteiger partial charge on any atom is 0.220 e. The Kier molecular flexibility index (Phi) is 2.84. The first kappa shape index (κ1) is 9.43. The van der Waals surface area contributed by atoms with Crippen LogP contribution in [0.4, 0.5) is 0 Å². The van der Waals surface area contributed by atoms with Crippen LogP contribution in [-0.4, -0.2) is 16.6 Å². The van der Waals surface area contributed by atoms with Crippen molar-refractivity contribution in [2.24, 2.45) is 11.7 Å². The molecular formula is C7H15NO2. The van der Waals surface area contributed by atoms with Crippen molar-refractivity contribution in [3.8, 4) is 0 Å². The molecule has 3 nitrogen and oxygen atoms in total. The molecule has 1 amide bonds. The zero-order valence-electron chi connectivity index (χ0n) is 6.72. The number of hydrogen-bond donors (Lipinski definition) is 2. The van der Waals surface area contributed by atoms with Crippen molar-refractivity contribution < 1.29 is 9.90 Å². The lowest BCUT2D eigenvalue weighted by atomic mass is 9.95. The highest BCUT2D eigenvalue weighted by Crippen LogP contribution is 2.14. The molecule has 10 heavy (non-hydrogen) atoms. The average molecular weight is 145 g/mol. The fourth-order valence-corrected chi connectivity index (χ4v) is 0.850. The standard InChI is InChI=1S/C7H15NO2/c1-5(6(8)9)4-7(2,3)10/h5,10H,4H2,1-3H3,(H2,8,9). The van der Waals surface area contributed by atoms with Crippen LogP contribution in [0.3, 0.4) is 0 Å². The van der Waals surface area contributed by atoms with Crippen molar-refractivity contribution in [2.75, 3.05) is 0 Å². The molecule has 0 aliphatic heterocycles. The van der Waals surface area contributed by atoms with Gasteiger partial charge in [0.15, 0.2) is 0 Å². The van der Waals surface area contributed by atoms with E-state index < -0.39 is 5.60 Å². The predicted molar refractivity (Wildman–Crippen MR) is 39.3 cm³/mol. The van der Waals surface area contributed by atoms with E-state index in [-0.39, 0.29) is 11.8 Å². The van der Waals surface area contributed by atoms with Crippen LogP contribution in [0.5, 0.6) is 0 Å². The molecule has 0 saturated carbocycles. The summed E-state index contributed by atoms with van der Waals surface area (Å²) >= 11 is 0. The fourth-order valence-electron chi connectivity index (χ4n) is 0.850. The maximum atomic E-state index is 10.5. The number of aliphatic hydroxyl groups is 1. The maximum absolute atomic E-state index is 10.5. The van der Waals surface area contributed by atoms with Gasteiger partial charge in [0.05, 0.1) is 5.60 Å².